The van der Waals surface area contributed by atoms with Gasteiger partial charge in [0, 0.05) is 0 Å². The first kappa shape index (κ1) is 13.5. The second-order valence-electron chi connectivity index (χ2n) is 4.74. The van der Waals surface area contributed by atoms with Crippen LogP contribution in [0.4, 0.5) is 0 Å². The van der Waals surface area contributed by atoms with E-state index in [1.807, 2.05) is 20.8 Å². The molecule has 94 valence electrons. The van der Waals surface area contributed by atoms with Crippen molar-refractivity contribution in [3.05, 3.63) is 29.3 Å². The highest BCUT2D eigenvalue weighted by atomic mass is 16.5. The van der Waals surface area contributed by atoms with Crippen molar-refractivity contribution in [2.24, 2.45) is 0 Å². The molecule has 0 fully saturated rings. The van der Waals surface area contributed by atoms with Crippen LogP contribution in [0.25, 0.3) is 0 Å². The van der Waals surface area contributed by atoms with Crippen LogP contribution >= 0.6 is 0 Å². The number of carboxylic acid groups (broad SMARTS) is 1. The summed E-state index contributed by atoms with van der Waals surface area (Å²) >= 11 is 0. The molecule has 0 amide bonds. The predicted molar refractivity (Wildman–Crippen MR) is 64.5 cm³/mol. The van der Waals surface area contributed by atoms with Gasteiger partial charge in [-0.05, 0) is 38.5 Å². The zero-order valence-electron chi connectivity index (χ0n) is 10.6. The number of rotatable bonds is 4. The fourth-order valence-corrected chi connectivity index (χ4v) is 1.30. The lowest BCUT2D eigenvalue weighted by molar-refractivity contribution is -0.0150. The first-order valence-corrected chi connectivity index (χ1v) is 5.37. The van der Waals surface area contributed by atoms with Gasteiger partial charge in [0.25, 0.3) is 0 Å². The minimum absolute atomic E-state index is 0.159. The maximum absolute atomic E-state index is 10.9. The molecular formula is C13H18O4. The number of hydrogen-bond acceptors (Lipinski definition) is 3. The molecule has 1 aromatic carbocycles. The first-order valence-electron chi connectivity index (χ1n) is 5.37. The Labute approximate surface area is 101 Å². The molecular weight excluding hydrogens is 220 g/mol. The highest BCUT2D eigenvalue weighted by molar-refractivity contribution is 5.90. The van der Waals surface area contributed by atoms with E-state index >= 15 is 0 Å². The molecule has 0 spiro atoms. The highest BCUT2D eigenvalue weighted by Crippen LogP contribution is 2.21. The van der Waals surface area contributed by atoms with Gasteiger partial charge in [-0.3, -0.25) is 0 Å². The molecule has 0 atom stereocenters. The summed E-state index contributed by atoms with van der Waals surface area (Å²) < 4.78 is 10.7. The summed E-state index contributed by atoms with van der Waals surface area (Å²) in [4.78, 5) is 10.9. The van der Waals surface area contributed by atoms with Gasteiger partial charge in [-0.25, -0.2) is 4.79 Å². The zero-order chi connectivity index (χ0) is 13.1. The summed E-state index contributed by atoms with van der Waals surface area (Å²) in [7, 11) is 1.45. The molecule has 0 unspecified atom stereocenters. The van der Waals surface area contributed by atoms with Crippen LogP contribution < -0.4 is 4.74 Å². The van der Waals surface area contributed by atoms with E-state index in [2.05, 4.69) is 0 Å². The molecule has 0 saturated heterocycles. The summed E-state index contributed by atoms with van der Waals surface area (Å²) in [5.41, 5.74) is 0.826. The minimum Gasteiger partial charge on any atom is -0.496 e. The van der Waals surface area contributed by atoms with E-state index < -0.39 is 5.97 Å². The quantitative estimate of drug-likeness (QED) is 0.876. The molecule has 4 heteroatoms. The van der Waals surface area contributed by atoms with Gasteiger partial charge in [0.15, 0.2) is 0 Å². The molecule has 1 aromatic rings. The van der Waals surface area contributed by atoms with Crippen molar-refractivity contribution in [1.29, 1.82) is 0 Å². The molecule has 0 aliphatic rings. The van der Waals surface area contributed by atoms with Gasteiger partial charge in [0.1, 0.15) is 11.3 Å². The van der Waals surface area contributed by atoms with E-state index in [1.54, 1.807) is 12.1 Å². The predicted octanol–water partition coefficient (Wildman–Crippen LogP) is 2.71. The molecule has 0 aromatic heterocycles. The van der Waals surface area contributed by atoms with E-state index in [-0.39, 0.29) is 11.2 Å². The standard InChI is InChI=1S/C13H18O4/c1-13(2,3)17-8-9-5-6-10(12(14)15)11(7-9)16-4/h5-7H,8H2,1-4H3,(H,14,15). The first-order chi connectivity index (χ1) is 7.83. The van der Waals surface area contributed by atoms with Gasteiger partial charge in [-0.2, -0.15) is 0 Å². The molecule has 0 radical (unpaired) electrons. The third-order valence-corrected chi connectivity index (χ3v) is 2.17. The average molecular weight is 238 g/mol. The third kappa shape index (κ3) is 4.07. The Hall–Kier alpha value is -1.55. The van der Waals surface area contributed by atoms with E-state index in [9.17, 15) is 4.79 Å². The normalized spacial score (nSPS) is 11.3. The Bertz CT molecular complexity index is 404. The Balaban J connectivity index is 2.87. The minimum atomic E-state index is -0.995. The lowest BCUT2D eigenvalue weighted by Gasteiger charge is -2.19. The van der Waals surface area contributed by atoms with Crippen molar-refractivity contribution in [3.63, 3.8) is 0 Å². The van der Waals surface area contributed by atoms with E-state index in [4.69, 9.17) is 14.6 Å². The summed E-state index contributed by atoms with van der Waals surface area (Å²) in [6.45, 7) is 6.33. The number of carbonyl (C=O) groups is 1. The summed E-state index contributed by atoms with van der Waals surface area (Å²) in [5.74, 6) is -0.641. The average Bonchev–Trinajstić information content (AvgIpc) is 2.24. The number of carboxylic acids is 1. The molecule has 0 aliphatic heterocycles. The molecule has 4 nitrogen and oxygen atoms in total. The fourth-order valence-electron chi connectivity index (χ4n) is 1.30. The second-order valence-corrected chi connectivity index (χ2v) is 4.74. The van der Waals surface area contributed by atoms with Crippen molar-refractivity contribution in [3.8, 4) is 5.75 Å². The van der Waals surface area contributed by atoms with Crippen molar-refractivity contribution in [1.82, 2.24) is 0 Å². The van der Waals surface area contributed by atoms with Crippen molar-refractivity contribution >= 4 is 5.97 Å². The smallest absolute Gasteiger partial charge is 0.339 e. The Morgan fingerprint density at radius 1 is 1.35 bits per heavy atom. The van der Waals surface area contributed by atoms with Crippen LogP contribution in [-0.2, 0) is 11.3 Å². The van der Waals surface area contributed by atoms with Gasteiger partial charge in [0.05, 0.1) is 19.3 Å². The van der Waals surface area contributed by atoms with Gasteiger partial charge >= 0.3 is 5.97 Å². The number of benzene rings is 1. The van der Waals surface area contributed by atoms with Gasteiger partial charge in [-0.15, -0.1) is 0 Å². The number of ether oxygens (including phenoxy) is 2. The van der Waals surface area contributed by atoms with Crippen molar-refractivity contribution < 1.29 is 19.4 Å². The Morgan fingerprint density at radius 2 is 2.00 bits per heavy atom. The van der Waals surface area contributed by atoms with E-state index in [0.717, 1.165) is 5.56 Å². The maximum atomic E-state index is 10.9. The molecule has 0 bridgehead atoms. The Kier molecular flexibility index (Phi) is 4.12. The monoisotopic (exact) mass is 238 g/mol. The van der Waals surface area contributed by atoms with E-state index in [1.165, 1.54) is 13.2 Å². The van der Waals surface area contributed by atoms with E-state index in [0.29, 0.717) is 12.4 Å². The molecule has 0 aliphatic carbocycles. The van der Waals surface area contributed by atoms with Crippen LogP contribution in [0.15, 0.2) is 18.2 Å². The van der Waals surface area contributed by atoms with Crippen LogP contribution in [0.3, 0.4) is 0 Å². The molecule has 1 rings (SSSR count). The number of methoxy groups -OCH3 is 1. The van der Waals surface area contributed by atoms with Crippen LogP contribution in [0, 0.1) is 0 Å². The topological polar surface area (TPSA) is 55.8 Å². The van der Waals surface area contributed by atoms with Gasteiger partial charge < -0.3 is 14.6 Å². The maximum Gasteiger partial charge on any atom is 0.339 e. The zero-order valence-corrected chi connectivity index (χ0v) is 10.6. The van der Waals surface area contributed by atoms with Gasteiger partial charge in [-0.1, -0.05) is 6.07 Å². The summed E-state index contributed by atoms with van der Waals surface area (Å²) in [6, 6.07) is 4.95. The molecule has 1 N–H and O–H groups in total. The van der Waals surface area contributed by atoms with Crippen LogP contribution in [0.5, 0.6) is 5.75 Å². The SMILES string of the molecule is COc1cc(COC(C)(C)C)ccc1C(=O)O. The largest absolute Gasteiger partial charge is 0.496 e. The lowest BCUT2D eigenvalue weighted by Crippen LogP contribution is -2.18. The molecule has 0 heterocycles. The van der Waals surface area contributed by atoms with Crippen molar-refractivity contribution in [2.45, 2.75) is 33.0 Å². The Morgan fingerprint density at radius 3 is 2.47 bits per heavy atom. The van der Waals surface area contributed by atoms with Crippen molar-refractivity contribution in [2.75, 3.05) is 7.11 Å². The van der Waals surface area contributed by atoms with Crippen LogP contribution in [0.1, 0.15) is 36.7 Å². The van der Waals surface area contributed by atoms with Gasteiger partial charge in [0.2, 0.25) is 0 Å². The number of aromatic carboxylic acids is 1. The third-order valence-electron chi connectivity index (χ3n) is 2.17. The second kappa shape index (κ2) is 5.19. The van der Waals surface area contributed by atoms with Crippen LogP contribution in [-0.4, -0.2) is 23.8 Å². The summed E-state index contributed by atoms with van der Waals surface area (Å²) in [6.07, 6.45) is 0. The highest BCUT2D eigenvalue weighted by Gasteiger charge is 2.13. The lowest BCUT2D eigenvalue weighted by atomic mass is 10.1. The fraction of sp³-hybridized carbons (Fsp3) is 0.462. The summed E-state index contributed by atoms with van der Waals surface area (Å²) in [5, 5.41) is 8.94. The van der Waals surface area contributed by atoms with Crippen LogP contribution in [0.2, 0.25) is 0 Å². The molecule has 17 heavy (non-hydrogen) atoms. The number of hydrogen-bond donors (Lipinski definition) is 1. The molecule has 0 saturated carbocycles.